The third kappa shape index (κ3) is 6.20. The SMILES string of the molecule is COc1cc(/C=N\NC(N)=O)ccc1OCCOc1ccc([N+](=O)[O-])cc1. The Morgan fingerprint density at radius 3 is 2.52 bits per heavy atom. The second-order valence-corrected chi connectivity index (χ2v) is 5.09. The molecule has 0 saturated carbocycles. The second kappa shape index (κ2) is 9.61. The summed E-state index contributed by atoms with van der Waals surface area (Å²) in [6.45, 7) is 0.483. The minimum Gasteiger partial charge on any atom is -0.493 e. The number of carbonyl (C=O) groups excluding carboxylic acids is 1. The van der Waals surface area contributed by atoms with E-state index >= 15 is 0 Å². The number of hydrogen-bond acceptors (Lipinski definition) is 7. The molecule has 0 radical (unpaired) electrons. The van der Waals surface area contributed by atoms with Gasteiger partial charge in [0.1, 0.15) is 19.0 Å². The summed E-state index contributed by atoms with van der Waals surface area (Å²) in [5, 5.41) is 14.3. The lowest BCUT2D eigenvalue weighted by atomic mass is 10.2. The predicted molar refractivity (Wildman–Crippen MR) is 97.4 cm³/mol. The van der Waals surface area contributed by atoms with Crippen molar-refractivity contribution in [2.75, 3.05) is 20.3 Å². The van der Waals surface area contributed by atoms with E-state index in [1.165, 1.54) is 37.6 Å². The van der Waals surface area contributed by atoms with E-state index < -0.39 is 11.0 Å². The first-order valence-electron chi connectivity index (χ1n) is 7.76. The maximum Gasteiger partial charge on any atom is 0.332 e. The number of nitrogens with one attached hydrogen (secondary N) is 1. The maximum atomic E-state index is 10.6. The molecule has 0 aromatic heterocycles. The molecule has 0 aliphatic heterocycles. The van der Waals surface area contributed by atoms with Gasteiger partial charge in [-0.3, -0.25) is 10.1 Å². The summed E-state index contributed by atoms with van der Waals surface area (Å²) in [5.74, 6) is 1.49. The highest BCUT2D eigenvalue weighted by Gasteiger charge is 2.07. The van der Waals surface area contributed by atoms with Crippen LogP contribution in [-0.2, 0) is 0 Å². The third-order valence-corrected chi connectivity index (χ3v) is 3.23. The summed E-state index contributed by atoms with van der Waals surface area (Å²) >= 11 is 0. The van der Waals surface area contributed by atoms with Crippen molar-refractivity contribution in [2.45, 2.75) is 0 Å². The summed E-state index contributed by atoms with van der Waals surface area (Å²) in [4.78, 5) is 20.7. The van der Waals surface area contributed by atoms with Crippen molar-refractivity contribution >= 4 is 17.9 Å². The number of hydrazone groups is 1. The molecule has 0 atom stereocenters. The summed E-state index contributed by atoms with van der Waals surface area (Å²) in [6.07, 6.45) is 1.41. The van der Waals surface area contributed by atoms with Crippen LogP contribution >= 0.6 is 0 Å². The van der Waals surface area contributed by atoms with Gasteiger partial charge in [0.15, 0.2) is 11.5 Å². The third-order valence-electron chi connectivity index (χ3n) is 3.23. The van der Waals surface area contributed by atoms with Crippen molar-refractivity contribution in [1.82, 2.24) is 5.43 Å². The van der Waals surface area contributed by atoms with Gasteiger partial charge in [-0.15, -0.1) is 0 Å². The Morgan fingerprint density at radius 1 is 1.19 bits per heavy atom. The molecule has 2 rings (SSSR count). The molecular formula is C17H18N4O6. The molecular weight excluding hydrogens is 356 g/mol. The molecule has 0 heterocycles. The first kappa shape index (κ1) is 19.5. The molecule has 27 heavy (non-hydrogen) atoms. The average molecular weight is 374 g/mol. The summed E-state index contributed by atoms with van der Waals surface area (Å²) in [7, 11) is 1.50. The average Bonchev–Trinajstić information content (AvgIpc) is 2.66. The van der Waals surface area contributed by atoms with Gasteiger partial charge in [-0.05, 0) is 35.9 Å². The van der Waals surface area contributed by atoms with E-state index in [1.807, 2.05) is 0 Å². The summed E-state index contributed by atoms with van der Waals surface area (Å²) < 4.78 is 16.4. The van der Waals surface area contributed by atoms with Gasteiger partial charge < -0.3 is 19.9 Å². The number of amides is 2. The van der Waals surface area contributed by atoms with Crippen molar-refractivity contribution in [3.63, 3.8) is 0 Å². The molecule has 0 spiro atoms. The van der Waals surface area contributed by atoms with Crippen LogP contribution in [0.2, 0.25) is 0 Å². The molecule has 2 amide bonds. The van der Waals surface area contributed by atoms with Crippen LogP contribution in [0.15, 0.2) is 47.6 Å². The van der Waals surface area contributed by atoms with E-state index in [0.29, 0.717) is 22.8 Å². The first-order chi connectivity index (χ1) is 13.0. The number of nitrogens with two attached hydrogens (primary N) is 1. The number of carbonyl (C=O) groups is 1. The number of nitrogens with zero attached hydrogens (tertiary/aromatic N) is 2. The van der Waals surface area contributed by atoms with Gasteiger partial charge in [0.2, 0.25) is 0 Å². The van der Waals surface area contributed by atoms with Crippen LogP contribution in [-0.4, -0.2) is 37.5 Å². The molecule has 0 unspecified atom stereocenters. The molecule has 0 saturated heterocycles. The molecule has 10 heteroatoms. The number of rotatable bonds is 9. The van der Waals surface area contributed by atoms with Crippen molar-refractivity contribution in [3.05, 3.63) is 58.1 Å². The monoisotopic (exact) mass is 374 g/mol. The molecule has 2 aromatic rings. The van der Waals surface area contributed by atoms with E-state index in [4.69, 9.17) is 19.9 Å². The Morgan fingerprint density at radius 2 is 1.89 bits per heavy atom. The fourth-order valence-corrected chi connectivity index (χ4v) is 2.03. The van der Waals surface area contributed by atoms with Gasteiger partial charge in [-0.25, -0.2) is 10.2 Å². The van der Waals surface area contributed by atoms with Gasteiger partial charge in [0.05, 0.1) is 18.2 Å². The Hall–Kier alpha value is -3.82. The lowest BCUT2D eigenvalue weighted by Gasteiger charge is -2.12. The molecule has 3 N–H and O–H groups in total. The highest BCUT2D eigenvalue weighted by atomic mass is 16.6. The lowest BCUT2D eigenvalue weighted by molar-refractivity contribution is -0.384. The molecule has 0 bridgehead atoms. The van der Waals surface area contributed by atoms with Crippen molar-refractivity contribution < 1.29 is 23.9 Å². The largest absolute Gasteiger partial charge is 0.493 e. The van der Waals surface area contributed by atoms with Crippen LogP contribution in [0.25, 0.3) is 0 Å². The molecule has 142 valence electrons. The number of nitro groups is 1. The van der Waals surface area contributed by atoms with E-state index in [1.54, 1.807) is 18.2 Å². The zero-order valence-electron chi connectivity index (χ0n) is 14.5. The molecule has 10 nitrogen and oxygen atoms in total. The van der Waals surface area contributed by atoms with E-state index in [0.717, 1.165) is 0 Å². The number of ether oxygens (including phenoxy) is 3. The molecule has 0 fully saturated rings. The van der Waals surface area contributed by atoms with E-state index in [-0.39, 0.29) is 18.9 Å². The van der Waals surface area contributed by atoms with Crippen molar-refractivity contribution in [3.8, 4) is 17.2 Å². The fourth-order valence-electron chi connectivity index (χ4n) is 2.03. The van der Waals surface area contributed by atoms with Crippen molar-refractivity contribution in [1.29, 1.82) is 0 Å². The number of urea groups is 1. The highest BCUT2D eigenvalue weighted by molar-refractivity contribution is 5.82. The number of methoxy groups -OCH3 is 1. The number of non-ortho nitro benzene ring substituents is 1. The van der Waals surface area contributed by atoms with Crippen LogP contribution < -0.4 is 25.4 Å². The fraction of sp³-hybridized carbons (Fsp3) is 0.176. The normalized spacial score (nSPS) is 10.4. The summed E-state index contributed by atoms with van der Waals surface area (Å²) in [6, 6.07) is 10.1. The quantitative estimate of drug-likeness (QED) is 0.298. The highest BCUT2D eigenvalue weighted by Crippen LogP contribution is 2.27. The summed E-state index contributed by atoms with van der Waals surface area (Å²) in [5.41, 5.74) is 7.69. The number of benzene rings is 2. The second-order valence-electron chi connectivity index (χ2n) is 5.09. The Labute approximate surface area is 154 Å². The van der Waals surface area contributed by atoms with Crippen LogP contribution in [0.5, 0.6) is 17.2 Å². The number of hydrogen-bond donors (Lipinski definition) is 2. The van der Waals surface area contributed by atoms with Crippen LogP contribution in [0.4, 0.5) is 10.5 Å². The van der Waals surface area contributed by atoms with Crippen LogP contribution in [0, 0.1) is 10.1 Å². The van der Waals surface area contributed by atoms with Crippen LogP contribution in [0.1, 0.15) is 5.56 Å². The standard InChI is InChI=1S/C17H18N4O6/c1-25-16-10-12(11-19-20-17(18)22)2-7-15(16)27-9-8-26-14-5-3-13(4-6-14)21(23)24/h2-7,10-11H,8-9H2,1H3,(H3,18,20,22)/b19-11-. The maximum absolute atomic E-state index is 10.6. The smallest absolute Gasteiger partial charge is 0.332 e. The Bertz CT molecular complexity index is 823. The minimum atomic E-state index is -0.758. The minimum absolute atomic E-state index is 0.00186. The Kier molecular flexibility index (Phi) is 6.94. The van der Waals surface area contributed by atoms with Gasteiger partial charge in [-0.1, -0.05) is 0 Å². The topological polar surface area (TPSA) is 138 Å². The van der Waals surface area contributed by atoms with Gasteiger partial charge in [0, 0.05) is 12.1 Å². The van der Waals surface area contributed by atoms with E-state index in [2.05, 4.69) is 10.5 Å². The lowest BCUT2D eigenvalue weighted by Crippen LogP contribution is -2.24. The number of primary amides is 1. The first-order valence-corrected chi connectivity index (χ1v) is 7.76. The molecule has 0 aliphatic rings. The molecule has 2 aromatic carbocycles. The predicted octanol–water partition coefficient (Wildman–Crippen LogP) is 2.06. The van der Waals surface area contributed by atoms with Crippen LogP contribution in [0.3, 0.4) is 0 Å². The zero-order valence-corrected chi connectivity index (χ0v) is 14.5. The van der Waals surface area contributed by atoms with E-state index in [9.17, 15) is 14.9 Å². The molecule has 0 aliphatic carbocycles. The van der Waals surface area contributed by atoms with Gasteiger partial charge in [-0.2, -0.15) is 5.10 Å². The zero-order chi connectivity index (χ0) is 19.6. The Balaban J connectivity index is 1.86. The number of nitro benzene ring substituents is 1. The van der Waals surface area contributed by atoms with Gasteiger partial charge >= 0.3 is 6.03 Å². The van der Waals surface area contributed by atoms with Crippen molar-refractivity contribution in [2.24, 2.45) is 10.8 Å². The van der Waals surface area contributed by atoms with Gasteiger partial charge in [0.25, 0.3) is 5.69 Å².